The van der Waals surface area contributed by atoms with E-state index in [0.29, 0.717) is 17.7 Å². The van der Waals surface area contributed by atoms with Gasteiger partial charge in [0.1, 0.15) is 12.0 Å². The molecule has 0 aliphatic rings. The molecule has 1 N–H and O–H groups in total. The molecule has 0 bridgehead atoms. The van der Waals surface area contributed by atoms with E-state index >= 15 is 0 Å². The zero-order chi connectivity index (χ0) is 18.5. The minimum Gasteiger partial charge on any atom is -0.342 e. The third-order valence-corrected chi connectivity index (χ3v) is 4.14. The summed E-state index contributed by atoms with van der Waals surface area (Å²) in [6, 6.07) is 16.9. The maximum atomic E-state index is 12.8. The van der Waals surface area contributed by atoms with E-state index < -0.39 is 6.04 Å². The molecule has 0 saturated heterocycles. The minimum atomic E-state index is -0.588. The highest BCUT2D eigenvalue weighted by Gasteiger charge is 2.20. The van der Waals surface area contributed by atoms with Gasteiger partial charge in [0, 0.05) is 18.8 Å². The van der Waals surface area contributed by atoms with Gasteiger partial charge in [-0.3, -0.25) is 9.48 Å². The Kier molecular flexibility index (Phi) is 5.27. The lowest BCUT2D eigenvalue weighted by Crippen LogP contribution is -2.37. The third kappa shape index (κ3) is 4.06. The van der Waals surface area contributed by atoms with Gasteiger partial charge in [-0.25, -0.2) is 0 Å². The van der Waals surface area contributed by atoms with Gasteiger partial charge in [0.25, 0.3) is 5.91 Å². The van der Waals surface area contributed by atoms with Gasteiger partial charge < -0.3 is 10.1 Å². The average molecular weight is 347 g/mol. The number of aromatic nitrogens is 2. The lowest BCUT2D eigenvalue weighted by Gasteiger charge is -2.13. The lowest BCUT2D eigenvalue weighted by molar-refractivity contribution is -0.109. The van der Waals surface area contributed by atoms with Crippen LogP contribution in [0.15, 0.2) is 60.8 Å². The Bertz CT molecular complexity index is 916. The van der Waals surface area contributed by atoms with E-state index in [4.69, 9.17) is 0 Å². The van der Waals surface area contributed by atoms with E-state index in [2.05, 4.69) is 10.4 Å². The van der Waals surface area contributed by atoms with Crippen molar-refractivity contribution in [2.45, 2.75) is 19.4 Å². The van der Waals surface area contributed by atoms with E-state index in [-0.39, 0.29) is 5.91 Å². The first-order valence-electron chi connectivity index (χ1n) is 8.47. The number of hydrogen-bond donors (Lipinski definition) is 1. The average Bonchev–Trinajstić information content (AvgIpc) is 3.04. The highest BCUT2D eigenvalue weighted by molar-refractivity contribution is 6.00. The molecule has 2 aromatic carbocycles. The Balaban J connectivity index is 1.82. The van der Waals surface area contributed by atoms with Gasteiger partial charge in [0.15, 0.2) is 0 Å². The molecular formula is C21H21N3O2. The van der Waals surface area contributed by atoms with Crippen molar-refractivity contribution in [3.05, 3.63) is 77.5 Å². The van der Waals surface area contributed by atoms with Crippen molar-refractivity contribution in [2.75, 3.05) is 0 Å². The number of benzene rings is 2. The summed E-state index contributed by atoms with van der Waals surface area (Å²) in [6.07, 6.45) is 2.90. The van der Waals surface area contributed by atoms with Crippen molar-refractivity contribution < 1.29 is 9.59 Å². The fourth-order valence-electron chi connectivity index (χ4n) is 2.91. The van der Waals surface area contributed by atoms with Crippen LogP contribution >= 0.6 is 0 Å². The number of aryl methyl sites for hydroxylation is 2. The quantitative estimate of drug-likeness (QED) is 0.697. The van der Waals surface area contributed by atoms with Gasteiger partial charge in [-0.2, -0.15) is 5.10 Å². The van der Waals surface area contributed by atoms with E-state index in [9.17, 15) is 9.59 Å². The van der Waals surface area contributed by atoms with Crippen molar-refractivity contribution in [2.24, 2.45) is 7.05 Å². The van der Waals surface area contributed by atoms with Crippen LogP contribution < -0.4 is 5.32 Å². The molecule has 5 nitrogen and oxygen atoms in total. The summed E-state index contributed by atoms with van der Waals surface area (Å²) in [4.78, 5) is 24.2. The van der Waals surface area contributed by atoms with Crippen LogP contribution in [0.25, 0.3) is 11.3 Å². The van der Waals surface area contributed by atoms with Gasteiger partial charge in [-0.15, -0.1) is 0 Å². The Labute approximate surface area is 152 Å². The topological polar surface area (TPSA) is 64.0 Å². The van der Waals surface area contributed by atoms with Crippen LogP contribution in [-0.4, -0.2) is 28.0 Å². The number of hydrogen-bond acceptors (Lipinski definition) is 3. The van der Waals surface area contributed by atoms with Gasteiger partial charge >= 0.3 is 0 Å². The second-order valence-corrected chi connectivity index (χ2v) is 6.34. The largest absolute Gasteiger partial charge is 0.342 e. The molecule has 1 heterocycles. The lowest BCUT2D eigenvalue weighted by atomic mass is 10.0. The predicted octanol–water partition coefficient (Wildman–Crippen LogP) is 2.94. The van der Waals surface area contributed by atoms with Crippen LogP contribution in [0.2, 0.25) is 0 Å². The molecule has 26 heavy (non-hydrogen) atoms. The molecule has 0 aliphatic carbocycles. The molecule has 1 amide bonds. The SMILES string of the molecule is Cc1cccc(-c2nn(C)cc2C(=O)N[C@H](C=O)Cc2ccccc2)c1. The zero-order valence-electron chi connectivity index (χ0n) is 14.8. The molecule has 0 radical (unpaired) electrons. The van der Waals surface area contributed by atoms with Crippen LogP contribution in [0, 0.1) is 6.92 Å². The number of aldehydes is 1. The molecule has 0 aliphatic heterocycles. The van der Waals surface area contributed by atoms with E-state index in [1.807, 2.05) is 61.5 Å². The van der Waals surface area contributed by atoms with Crippen LogP contribution in [0.3, 0.4) is 0 Å². The van der Waals surface area contributed by atoms with Crippen LogP contribution in [0.4, 0.5) is 0 Å². The van der Waals surface area contributed by atoms with Gasteiger partial charge in [-0.1, -0.05) is 54.1 Å². The molecule has 0 spiro atoms. The maximum absolute atomic E-state index is 12.8. The van der Waals surface area contributed by atoms with Crippen molar-refractivity contribution >= 4 is 12.2 Å². The third-order valence-electron chi connectivity index (χ3n) is 4.14. The van der Waals surface area contributed by atoms with Gasteiger partial charge in [-0.05, 0) is 25.0 Å². The van der Waals surface area contributed by atoms with E-state index in [0.717, 1.165) is 23.0 Å². The number of rotatable bonds is 6. The first-order valence-corrected chi connectivity index (χ1v) is 8.47. The summed E-state index contributed by atoms with van der Waals surface area (Å²) in [5.74, 6) is -0.303. The fraction of sp³-hybridized carbons (Fsp3) is 0.190. The molecule has 5 heteroatoms. The fourth-order valence-corrected chi connectivity index (χ4v) is 2.91. The summed E-state index contributed by atoms with van der Waals surface area (Å²) in [7, 11) is 1.78. The number of carbonyl (C=O) groups is 2. The Hall–Kier alpha value is -3.21. The van der Waals surface area contributed by atoms with Gasteiger partial charge in [0.05, 0.1) is 11.6 Å². The predicted molar refractivity (Wildman–Crippen MR) is 101 cm³/mol. The monoisotopic (exact) mass is 347 g/mol. The molecule has 3 aromatic rings. The second-order valence-electron chi connectivity index (χ2n) is 6.34. The Morgan fingerprint density at radius 2 is 1.96 bits per heavy atom. The first kappa shape index (κ1) is 17.6. The first-order chi connectivity index (χ1) is 12.6. The molecule has 0 saturated carbocycles. The highest BCUT2D eigenvalue weighted by Crippen LogP contribution is 2.23. The normalized spacial score (nSPS) is 11.8. The number of amides is 1. The molecule has 1 aromatic heterocycles. The summed E-state index contributed by atoms with van der Waals surface area (Å²) in [5, 5.41) is 7.24. The standard InChI is InChI=1S/C21H21N3O2/c1-15-7-6-10-17(11-15)20-19(13-24(2)23-20)21(26)22-18(14-25)12-16-8-4-3-5-9-16/h3-11,13-14,18H,12H2,1-2H3,(H,22,26)/t18-/m0/s1. The summed E-state index contributed by atoms with van der Waals surface area (Å²) in [6.45, 7) is 1.99. The molecule has 1 atom stereocenters. The number of carbonyl (C=O) groups excluding carboxylic acids is 2. The Morgan fingerprint density at radius 3 is 2.65 bits per heavy atom. The van der Waals surface area contributed by atoms with Crippen LogP contribution in [0.5, 0.6) is 0 Å². The molecular weight excluding hydrogens is 326 g/mol. The van der Waals surface area contributed by atoms with Crippen molar-refractivity contribution in [1.29, 1.82) is 0 Å². The minimum absolute atomic E-state index is 0.303. The number of nitrogens with zero attached hydrogens (tertiary/aromatic N) is 2. The molecule has 132 valence electrons. The van der Waals surface area contributed by atoms with E-state index in [1.165, 1.54) is 0 Å². The zero-order valence-corrected chi connectivity index (χ0v) is 14.8. The maximum Gasteiger partial charge on any atom is 0.255 e. The molecule has 0 fully saturated rings. The summed E-state index contributed by atoms with van der Waals surface area (Å²) in [5.41, 5.74) is 4.03. The van der Waals surface area contributed by atoms with Crippen molar-refractivity contribution in [3.8, 4) is 11.3 Å². The van der Waals surface area contributed by atoms with E-state index in [1.54, 1.807) is 17.9 Å². The molecule has 3 rings (SSSR count). The highest BCUT2D eigenvalue weighted by atomic mass is 16.2. The van der Waals surface area contributed by atoms with Crippen molar-refractivity contribution in [3.63, 3.8) is 0 Å². The van der Waals surface area contributed by atoms with Crippen molar-refractivity contribution in [1.82, 2.24) is 15.1 Å². The van der Waals surface area contributed by atoms with Gasteiger partial charge in [0.2, 0.25) is 0 Å². The van der Waals surface area contributed by atoms with Crippen LogP contribution in [-0.2, 0) is 18.3 Å². The summed E-state index contributed by atoms with van der Waals surface area (Å²) < 4.78 is 1.61. The Morgan fingerprint density at radius 1 is 1.19 bits per heavy atom. The molecule has 0 unspecified atom stereocenters. The smallest absolute Gasteiger partial charge is 0.255 e. The number of nitrogens with one attached hydrogen (secondary N) is 1. The second kappa shape index (κ2) is 7.78. The summed E-state index contributed by atoms with van der Waals surface area (Å²) >= 11 is 0. The van der Waals surface area contributed by atoms with Crippen LogP contribution in [0.1, 0.15) is 21.5 Å².